The lowest BCUT2D eigenvalue weighted by Gasteiger charge is -2.32. The lowest BCUT2D eigenvalue weighted by atomic mass is 9.94. The van der Waals surface area contributed by atoms with Crippen LogP contribution in [0.2, 0.25) is 0 Å². The molecular weight excluding hydrogens is 487 g/mol. The molecule has 192 valence electrons. The quantitative estimate of drug-likeness (QED) is 0.400. The van der Waals surface area contributed by atoms with Crippen LogP contribution in [0.3, 0.4) is 0 Å². The maximum absolute atomic E-state index is 13.0. The van der Waals surface area contributed by atoms with E-state index in [1.165, 1.54) is 12.4 Å². The maximum atomic E-state index is 13.0. The first-order valence-electron chi connectivity index (χ1n) is 11.9. The molecule has 1 aliphatic rings. The van der Waals surface area contributed by atoms with Crippen LogP contribution in [0.1, 0.15) is 42.3 Å². The average molecular weight is 512 g/mol. The second-order valence-electron chi connectivity index (χ2n) is 8.97. The fourth-order valence-electron chi connectivity index (χ4n) is 4.45. The van der Waals surface area contributed by atoms with Crippen LogP contribution in [0.4, 0.5) is 19.0 Å². The Morgan fingerprint density at radius 1 is 1.19 bits per heavy atom. The van der Waals surface area contributed by atoms with Crippen LogP contribution in [0.15, 0.2) is 47.2 Å². The van der Waals surface area contributed by atoms with Crippen LogP contribution in [0.25, 0.3) is 22.4 Å². The molecule has 1 atom stereocenters. The number of aryl methyl sites for hydroxylation is 1. The standard InChI is InChI=1S/C25H24F3N7O2/c1-15-7-8-19-17(12-15)22(31-14-30-19)29-10-9-21(36)35-11-3-4-16(13-35)18-5-2-6-20(32-18)23-33-24(37-34-23)25(26,27)28/h2,5-8,12,14,16H,3-4,9-11,13H2,1H3,(H,29,30,31). The molecule has 0 aliphatic carbocycles. The van der Waals surface area contributed by atoms with Gasteiger partial charge in [0.1, 0.15) is 17.8 Å². The number of carbonyl (C=O) groups is 1. The minimum absolute atomic E-state index is 0.0101. The number of likely N-dealkylation sites (tertiary alicyclic amines) is 1. The maximum Gasteiger partial charge on any atom is 0.471 e. The molecule has 0 radical (unpaired) electrons. The molecule has 37 heavy (non-hydrogen) atoms. The molecule has 0 saturated carbocycles. The molecule has 9 nitrogen and oxygen atoms in total. The van der Waals surface area contributed by atoms with Gasteiger partial charge in [-0.15, -0.1) is 0 Å². The number of hydrogen-bond acceptors (Lipinski definition) is 8. The highest BCUT2D eigenvalue weighted by Gasteiger charge is 2.38. The van der Waals surface area contributed by atoms with Crippen molar-refractivity contribution in [2.24, 2.45) is 0 Å². The number of hydrogen-bond donors (Lipinski definition) is 1. The van der Waals surface area contributed by atoms with E-state index in [9.17, 15) is 18.0 Å². The van der Waals surface area contributed by atoms with Gasteiger partial charge in [0.2, 0.25) is 11.7 Å². The second-order valence-corrected chi connectivity index (χ2v) is 8.97. The van der Waals surface area contributed by atoms with Gasteiger partial charge in [-0.1, -0.05) is 22.9 Å². The fourth-order valence-corrected chi connectivity index (χ4v) is 4.45. The molecule has 0 bridgehead atoms. The monoisotopic (exact) mass is 511 g/mol. The third-order valence-corrected chi connectivity index (χ3v) is 6.28. The summed E-state index contributed by atoms with van der Waals surface area (Å²) < 4.78 is 42.8. The van der Waals surface area contributed by atoms with E-state index in [-0.39, 0.29) is 23.3 Å². The summed E-state index contributed by atoms with van der Waals surface area (Å²) >= 11 is 0. The van der Waals surface area contributed by atoms with E-state index in [0.29, 0.717) is 37.6 Å². The van der Waals surface area contributed by atoms with Crippen molar-refractivity contribution >= 4 is 22.6 Å². The van der Waals surface area contributed by atoms with E-state index in [4.69, 9.17) is 0 Å². The topological polar surface area (TPSA) is 110 Å². The van der Waals surface area contributed by atoms with E-state index in [2.05, 4.69) is 34.9 Å². The summed E-state index contributed by atoms with van der Waals surface area (Å²) in [5.74, 6) is -0.988. The lowest BCUT2D eigenvalue weighted by molar-refractivity contribution is -0.159. The van der Waals surface area contributed by atoms with E-state index in [1.807, 2.05) is 30.0 Å². The van der Waals surface area contributed by atoms with Crippen molar-refractivity contribution in [1.82, 2.24) is 30.0 Å². The van der Waals surface area contributed by atoms with Gasteiger partial charge in [0.15, 0.2) is 0 Å². The second kappa shape index (κ2) is 10.1. The molecule has 4 heterocycles. The van der Waals surface area contributed by atoms with Crippen molar-refractivity contribution in [1.29, 1.82) is 0 Å². The van der Waals surface area contributed by atoms with E-state index in [1.54, 1.807) is 12.1 Å². The average Bonchev–Trinajstić information content (AvgIpc) is 3.40. The molecule has 1 amide bonds. The van der Waals surface area contributed by atoms with Crippen molar-refractivity contribution < 1.29 is 22.5 Å². The zero-order valence-corrected chi connectivity index (χ0v) is 20.0. The Hall–Kier alpha value is -4.09. The van der Waals surface area contributed by atoms with Gasteiger partial charge in [0.05, 0.1) is 5.52 Å². The molecule has 1 aliphatic heterocycles. The third-order valence-electron chi connectivity index (χ3n) is 6.28. The number of halogens is 3. The van der Waals surface area contributed by atoms with Crippen LogP contribution < -0.4 is 5.32 Å². The molecule has 1 saturated heterocycles. The lowest BCUT2D eigenvalue weighted by Crippen LogP contribution is -2.40. The Kier molecular flexibility index (Phi) is 6.72. The van der Waals surface area contributed by atoms with Crippen LogP contribution in [-0.4, -0.2) is 55.5 Å². The van der Waals surface area contributed by atoms with Gasteiger partial charge < -0.3 is 14.7 Å². The summed E-state index contributed by atoms with van der Waals surface area (Å²) in [6.45, 7) is 3.54. The number of benzene rings is 1. The first-order valence-corrected chi connectivity index (χ1v) is 11.9. The van der Waals surface area contributed by atoms with Gasteiger partial charge in [-0.2, -0.15) is 18.2 Å². The summed E-state index contributed by atoms with van der Waals surface area (Å²) in [5.41, 5.74) is 2.79. The zero-order valence-electron chi connectivity index (χ0n) is 20.0. The van der Waals surface area contributed by atoms with Gasteiger partial charge in [0.25, 0.3) is 0 Å². The molecule has 3 aromatic heterocycles. The summed E-state index contributed by atoms with van der Waals surface area (Å²) in [6, 6.07) is 11.0. The van der Waals surface area contributed by atoms with Crippen molar-refractivity contribution in [3.8, 4) is 11.5 Å². The summed E-state index contributed by atoms with van der Waals surface area (Å²) in [5, 5.41) is 7.57. The van der Waals surface area contributed by atoms with Crippen LogP contribution in [0, 0.1) is 6.92 Å². The highest BCUT2D eigenvalue weighted by molar-refractivity contribution is 5.89. The highest BCUT2D eigenvalue weighted by Crippen LogP contribution is 2.30. The SMILES string of the molecule is Cc1ccc2ncnc(NCCC(=O)N3CCCC(c4cccc(-c5noc(C(F)(F)F)n5)n4)C3)c2c1. The van der Waals surface area contributed by atoms with Crippen molar-refractivity contribution in [3.63, 3.8) is 0 Å². The van der Waals surface area contributed by atoms with Gasteiger partial charge in [-0.25, -0.2) is 15.0 Å². The highest BCUT2D eigenvalue weighted by atomic mass is 19.4. The molecule has 1 fully saturated rings. The molecule has 5 rings (SSSR count). The van der Waals surface area contributed by atoms with Gasteiger partial charge in [0, 0.05) is 43.1 Å². The largest absolute Gasteiger partial charge is 0.471 e. The Labute approximate surface area is 210 Å². The first-order chi connectivity index (χ1) is 17.8. The van der Waals surface area contributed by atoms with E-state index in [0.717, 1.165) is 29.3 Å². The minimum atomic E-state index is -4.72. The molecule has 12 heteroatoms. The number of pyridine rings is 1. The van der Waals surface area contributed by atoms with E-state index < -0.39 is 12.1 Å². The third kappa shape index (κ3) is 5.52. The van der Waals surface area contributed by atoms with Crippen molar-refractivity contribution in [2.75, 3.05) is 25.0 Å². The van der Waals surface area contributed by atoms with Gasteiger partial charge >= 0.3 is 12.1 Å². The number of alkyl halides is 3. The van der Waals surface area contributed by atoms with Gasteiger partial charge in [-0.05, 0) is 44.0 Å². The van der Waals surface area contributed by atoms with Crippen LogP contribution >= 0.6 is 0 Å². The fraction of sp³-hybridized carbons (Fsp3) is 0.360. The zero-order chi connectivity index (χ0) is 26.0. The Balaban J connectivity index is 1.21. The molecule has 1 aromatic carbocycles. The summed E-state index contributed by atoms with van der Waals surface area (Å²) in [4.78, 5) is 31.3. The van der Waals surface area contributed by atoms with Crippen molar-refractivity contribution in [3.05, 3.63) is 59.9 Å². The van der Waals surface area contributed by atoms with Crippen LogP contribution in [0.5, 0.6) is 0 Å². The molecule has 1 unspecified atom stereocenters. The van der Waals surface area contributed by atoms with E-state index >= 15 is 0 Å². The molecule has 4 aromatic rings. The number of anilines is 1. The predicted octanol–water partition coefficient (Wildman–Crippen LogP) is 4.61. The van der Waals surface area contributed by atoms with Crippen molar-refractivity contribution in [2.45, 2.75) is 38.3 Å². The number of amides is 1. The smallest absolute Gasteiger partial charge is 0.369 e. The Morgan fingerprint density at radius 3 is 2.86 bits per heavy atom. The Morgan fingerprint density at radius 2 is 2.05 bits per heavy atom. The number of aromatic nitrogens is 5. The number of rotatable bonds is 6. The molecule has 0 spiro atoms. The predicted molar refractivity (Wildman–Crippen MR) is 128 cm³/mol. The number of nitrogens with one attached hydrogen (secondary N) is 1. The molecule has 1 N–H and O–H groups in total. The molecular formula is C25H24F3N7O2. The minimum Gasteiger partial charge on any atom is -0.369 e. The summed E-state index contributed by atoms with van der Waals surface area (Å²) in [7, 11) is 0. The normalized spacial score (nSPS) is 16.2. The number of fused-ring (bicyclic) bond motifs is 1. The first kappa shape index (κ1) is 24.6. The van der Waals surface area contributed by atoms with Crippen LogP contribution in [-0.2, 0) is 11.0 Å². The number of carbonyl (C=O) groups excluding carboxylic acids is 1. The summed E-state index contributed by atoms with van der Waals surface area (Å²) in [6.07, 6.45) is -1.32. The number of piperidine rings is 1. The Bertz CT molecular complexity index is 1420. The van der Waals surface area contributed by atoms with Gasteiger partial charge in [-0.3, -0.25) is 4.79 Å². The number of nitrogens with zero attached hydrogens (tertiary/aromatic N) is 6.